The van der Waals surface area contributed by atoms with Gasteiger partial charge in [-0.25, -0.2) is 9.97 Å². The fourth-order valence-electron chi connectivity index (χ4n) is 1.65. The van der Waals surface area contributed by atoms with Crippen molar-refractivity contribution in [2.45, 2.75) is 25.3 Å². The predicted octanol–water partition coefficient (Wildman–Crippen LogP) is 1.65. The Hall–Kier alpha value is -0.870. The van der Waals surface area contributed by atoms with E-state index in [1.165, 1.54) is 12.8 Å². The molecule has 1 aromatic heterocycles. The highest BCUT2D eigenvalue weighted by molar-refractivity contribution is 6.30. The van der Waals surface area contributed by atoms with Crippen LogP contribution < -0.4 is 10.1 Å². The van der Waals surface area contributed by atoms with Gasteiger partial charge < -0.3 is 10.1 Å². The summed E-state index contributed by atoms with van der Waals surface area (Å²) in [7, 11) is 0. The van der Waals surface area contributed by atoms with Crippen molar-refractivity contribution in [1.82, 2.24) is 15.3 Å². The SMILES string of the molecule is Clc1nccnc1OC[C@@H]1CCCCN1. The van der Waals surface area contributed by atoms with E-state index in [4.69, 9.17) is 16.3 Å². The second-order valence-electron chi connectivity index (χ2n) is 3.61. The quantitative estimate of drug-likeness (QED) is 0.853. The number of hydrogen-bond donors (Lipinski definition) is 1. The Morgan fingerprint density at radius 3 is 3.00 bits per heavy atom. The van der Waals surface area contributed by atoms with Gasteiger partial charge >= 0.3 is 0 Å². The molecular weight excluding hydrogens is 214 g/mol. The lowest BCUT2D eigenvalue weighted by molar-refractivity contribution is 0.231. The summed E-state index contributed by atoms with van der Waals surface area (Å²) in [5.74, 6) is 0.423. The van der Waals surface area contributed by atoms with Gasteiger partial charge in [0.2, 0.25) is 0 Å². The van der Waals surface area contributed by atoms with Crippen molar-refractivity contribution in [3.63, 3.8) is 0 Å². The molecule has 4 nitrogen and oxygen atoms in total. The van der Waals surface area contributed by atoms with Crippen LogP contribution in [0, 0.1) is 0 Å². The minimum atomic E-state index is 0.327. The molecule has 2 rings (SSSR count). The van der Waals surface area contributed by atoms with Crippen LogP contribution in [-0.4, -0.2) is 29.2 Å². The first-order chi connectivity index (χ1) is 7.36. The molecule has 0 amide bonds. The fourth-order valence-corrected chi connectivity index (χ4v) is 1.81. The lowest BCUT2D eigenvalue weighted by Gasteiger charge is -2.23. The van der Waals surface area contributed by atoms with E-state index in [2.05, 4.69) is 15.3 Å². The minimum absolute atomic E-state index is 0.327. The van der Waals surface area contributed by atoms with Crippen LogP contribution in [0.2, 0.25) is 5.15 Å². The van der Waals surface area contributed by atoms with Gasteiger partial charge in [0.15, 0.2) is 5.15 Å². The van der Waals surface area contributed by atoms with E-state index in [1.54, 1.807) is 12.4 Å². The van der Waals surface area contributed by atoms with Gasteiger partial charge in [-0.1, -0.05) is 18.0 Å². The molecule has 1 fully saturated rings. The molecule has 5 heteroatoms. The second-order valence-corrected chi connectivity index (χ2v) is 3.97. The molecule has 0 bridgehead atoms. The molecule has 0 unspecified atom stereocenters. The van der Waals surface area contributed by atoms with E-state index in [9.17, 15) is 0 Å². The number of ether oxygens (including phenoxy) is 1. The van der Waals surface area contributed by atoms with E-state index in [-0.39, 0.29) is 0 Å². The van der Waals surface area contributed by atoms with Crippen molar-refractivity contribution in [3.05, 3.63) is 17.5 Å². The van der Waals surface area contributed by atoms with Gasteiger partial charge in [0, 0.05) is 18.4 Å². The van der Waals surface area contributed by atoms with Gasteiger partial charge in [-0.05, 0) is 19.4 Å². The summed E-state index contributed by atoms with van der Waals surface area (Å²) in [5, 5.41) is 3.72. The average Bonchev–Trinajstić information content (AvgIpc) is 2.29. The van der Waals surface area contributed by atoms with Gasteiger partial charge in [-0.15, -0.1) is 0 Å². The molecule has 1 atom stereocenters. The first kappa shape index (κ1) is 10.6. The Labute approximate surface area is 94.0 Å². The molecule has 0 saturated carbocycles. The van der Waals surface area contributed by atoms with Crippen molar-refractivity contribution >= 4 is 11.6 Å². The number of piperidine rings is 1. The number of nitrogens with one attached hydrogen (secondary N) is 1. The summed E-state index contributed by atoms with van der Waals surface area (Å²) < 4.78 is 5.51. The Kier molecular flexibility index (Phi) is 3.75. The molecule has 2 heterocycles. The summed E-state index contributed by atoms with van der Waals surface area (Å²) in [4.78, 5) is 7.92. The van der Waals surface area contributed by atoms with Crippen molar-refractivity contribution in [2.24, 2.45) is 0 Å². The van der Waals surface area contributed by atoms with E-state index in [1.807, 2.05) is 0 Å². The van der Waals surface area contributed by atoms with E-state index in [0.717, 1.165) is 13.0 Å². The van der Waals surface area contributed by atoms with E-state index in [0.29, 0.717) is 23.7 Å². The molecule has 82 valence electrons. The summed E-state index contributed by atoms with van der Waals surface area (Å²) in [6.45, 7) is 1.68. The molecular formula is C10H14ClN3O. The number of halogens is 1. The molecule has 0 radical (unpaired) electrons. The highest BCUT2D eigenvalue weighted by Gasteiger charge is 2.14. The van der Waals surface area contributed by atoms with Gasteiger partial charge in [0.05, 0.1) is 0 Å². The van der Waals surface area contributed by atoms with Crippen molar-refractivity contribution in [2.75, 3.05) is 13.2 Å². The van der Waals surface area contributed by atoms with Crippen molar-refractivity contribution < 1.29 is 4.74 Å². The van der Waals surface area contributed by atoms with Crippen molar-refractivity contribution in [3.8, 4) is 5.88 Å². The zero-order valence-corrected chi connectivity index (χ0v) is 9.20. The van der Waals surface area contributed by atoms with Crippen LogP contribution in [0.15, 0.2) is 12.4 Å². The maximum Gasteiger partial charge on any atom is 0.252 e. The van der Waals surface area contributed by atoms with Gasteiger partial charge in [0.1, 0.15) is 6.61 Å². The van der Waals surface area contributed by atoms with Crippen LogP contribution in [0.25, 0.3) is 0 Å². The average molecular weight is 228 g/mol. The molecule has 1 aliphatic heterocycles. The molecule has 0 aromatic carbocycles. The predicted molar refractivity (Wildman–Crippen MR) is 58.2 cm³/mol. The van der Waals surface area contributed by atoms with Crippen LogP contribution in [0.1, 0.15) is 19.3 Å². The molecule has 1 aliphatic rings. The molecule has 1 N–H and O–H groups in total. The molecule has 1 aromatic rings. The topological polar surface area (TPSA) is 47.0 Å². The maximum atomic E-state index is 5.82. The Bertz CT molecular complexity index is 315. The molecule has 1 saturated heterocycles. The number of rotatable bonds is 3. The molecule has 0 aliphatic carbocycles. The summed E-state index contributed by atoms with van der Waals surface area (Å²) in [6, 6.07) is 0.414. The third-order valence-corrected chi connectivity index (χ3v) is 2.72. The number of hydrogen-bond acceptors (Lipinski definition) is 4. The monoisotopic (exact) mass is 227 g/mol. The maximum absolute atomic E-state index is 5.82. The second kappa shape index (κ2) is 5.28. The Morgan fingerprint density at radius 2 is 2.27 bits per heavy atom. The fraction of sp³-hybridized carbons (Fsp3) is 0.600. The Balaban J connectivity index is 1.84. The van der Waals surface area contributed by atoms with Gasteiger partial charge in [0.25, 0.3) is 5.88 Å². The smallest absolute Gasteiger partial charge is 0.252 e. The summed E-state index contributed by atoms with van der Waals surface area (Å²) >= 11 is 5.82. The first-order valence-corrected chi connectivity index (χ1v) is 5.57. The normalized spacial score (nSPS) is 21.3. The highest BCUT2D eigenvalue weighted by atomic mass is 35.5. The van der Waals surface area contributed by atoms with Gasteiger partial charge in [-0.3, -0.25) is 0 Å². The van der Waals surface area contributed by atoms with Crippen LogP contribution >= 0.6 is 11.6 Å². The summed E-state index contributed by atoms with van der Waals surface area (Å²) in [6.07, 6.45) is 6.79. The molecule has 15 heavy (non-hydrogen) atoms. The lowest BCUT2D eigenvalue weighted by Crippen LogP contribution is -2.38. The van der Waals surface area contributed by atoms with Gasteiger partial charge in [-0.2, -0.15) is 0 Å². The van der Waals surface area contributed by atoms with Crippen molar-refractivity contribution in [1.29, 1.82) is 0 Å². The van der Waals surface area contributed by atoms with E-state index >= 15 is 0 Å². The van der Waals surface area contributed by atoms with Crippen LogP contribution in [-0.2, 0) is 0 Å². The van der Waals surface area contributed by atoms with Crippen LogP contribution in [0.5, 0.6) is 5.88 Å². The number of aromatic nitrogens is 2. The highest BCUT2D eigenvalue weighted by Crippen LogP contribution is 2.17. The molecule has 0 spiro atoms. The first-order valence-electron chi connectivity index (χ1n) is 5.19. The van der Waals surface area contributed by atoms with E-state index < -0.39 is 0 Å². The third-order valence-electron chi connectivity index (χ3n) is 2.46. The standard InChI is InChI=1S/C10H14ClN3O/c11-9-10(14-6-5-13-9)15-7-8-3-1-2-4-12-8/h5-6,8,12H,1-4,7H2/t8-/m0/s1. The largest absolute Gasteiger partial charge is 0.474 e. The zero-order chi connectivity index (χ0) is 10.5. The van der Waals surface area contributed by atoms with Crippen LogP contribution in [0.4, 0.5) is 0 Å². The third kappa shape index (κ3) is 3.04. The minimum Gasteiger partial charge on any atom is -0.474 e. The number of nitrogens with zero attached hydrogens (tertiary/aromatic N) is 2. The summed E-state index contributed by atoms with van der Waals surface area (Å²) in [5.41, 5.74) is 0. The lowest BCUT2D eigenvalue weighted by atomic mass is 10.1. The van der Waals surface area contributed by atoms with Crippen LogP contribution in [0.3, 0.4) is 0 Å². The Morgan fingerprint density at radius 1 is 1.40 bits per heavy atom. The zero-order valence-electron chi connectivity index (χ0n) is 8.45.